The second-order valence-corrected chi connectivity index (χ2v) is 8.95. The molecule has 1 N–H and O–H groups in total. The van der Waals surface area contributed by atoms with Crippen LogP contribution >= 0.6 is 0 Å². The maximum absolute atomic E-state index is 13.0. The first-order valence-electron chi connectivity index (χ1n) is 9.53. The Morgan fingerprint density at radius 2 is 1.62 bits per heavy atom. The van der Waals surface area contributed by atoms with E-state index in [0.717, 1.165) is 11.1 Å². The number of benzene rings is 3. The lowest BCUT2D eigenvalue weighted by atomic mass is 10.1. The molecule has 0 bridgehead atoms. The van der Waals surface area contributed by atoms with Crippen molar-refractivity contribution in [3.05, 3.63) is 95.6 Å². The van der Waals surface area contributed by atoms with Crippen LogP contribution in [0.15, 0.2) is 83.8 Å². The molecule has 0 saturated heterocycles. The van der Waals surface area contributed by atoms with Crippen LogP contribution in [0.1, 0.15) is 34.5 Å². The molecule has 1 aliphatic heterocycles. The van der Waals surface area contributed by atoms with E-state index in [9.17, 15) is 13.2 Å². The van der Waals surface area contributed by atoms with E-state index in [1.165, 1.54) is 4.31 Å². The lowest BCUT2D eigenvalue weighted by Crippen LogP contribution is -2.29. The van der Waals surface area contributed by atoms with Gasteiger partial charge in [-0.3, -0.25) is 9.10 Å². The van der Waals surface area contributed by atoms with Gasteiger partial charge in [-0.15, -0.1) is 0 Å². The van der Waals surface area contributed by atoms with Gasteiger partial charge in [0.05, 0.1) is 16.6 Å². The van der Waals surface area contributed by atoms with Crippen LogP contribution in [-0.2, 0) is 16.4 Å². The van der Waals surface area contributed by atoms with Crippen molar-refractivity contribution in [3.8, 4) is 0 Å². The number of anilines is 1. The van der Waals surface area contributed by atoms with Gasteiger partial charge in [0.2, 0.25) is 0 Å². The Hall–Kier alpha value is -3.12. The van der Waals surface area contributed by atoms with Crippen LogP contribution in [0.25, 0.3) is 0 Å². The van der Waals surface area contributed by atoms with Gasteiger partial charge in [0, 0.05) is 12.1 Å². The number of hydrogen-bond acceptors (Lipinski definition) is 3. The molecule has 29 heavy (non-hydrogen) atoms. The van der Waals surface area contributed by atoms with E-state index >= 15 is 0 Å². The van der Waals surface area contributed by atoms with Gasteiger partial charge in [0.15, 0.2) is 0 Å². The van der Waals surface area contributed by atoms with Gasteiger partial charge in [0.25, 0.3) is 15.9 Å². The average Bonchev–Trinajstić information content (AvgIpc) is 3.19. The van der Waals surface area contributed by atoms with Gasteiger partial charge in [-0.2, -0.15) is 0 Å². The molecule has 0 radical (unpaired) electrons. The van der Waals surface area contributed by atoms with E-state index in [0.29, 0.717) is 24.2 Å². The molecule has 0 saturated carbocycles. The van der Waals surface area contributed by atoms with Crippen molar-refractivity contribution < 1.29 is 13.2 Å². The molecule has 4 rings (SSSR count). The van der Waals surface area contributed by atoms with Gasteiger partial charge in [0.1, 0.15) is 0 Å². The summed E-state index contributed by atoms with van der Waals surface area (Å²) in [7, 11) is -3.61. The van der Waals surface area contributed by atoms with E-state index < -0.39 is 10.0 Å². The number of hydrogen-bond donors (Lipinski definition) is 1. The lowest BCUT2D eigenvalue weighted by molar-refractivity contribution is 0.0940. The highest BCUT2D eigenvalue weighted by Crippen LogP contribution is 2.33. The van der Waals surface area contributed by atoms with Crippen molar-refractivity contribution in [1.29, 1.82) is 0 Å². The number of rotatable bonds is 5. The largest absolute Gasteiger partial charge is 0.346 e. The van der Waals surface area contributed by atoms with Gasteiger partial charge in [-0.05, 0) is 54.8 Å². The molecule has 0 aromatic heterocycles. The molecule has 0 unspecified atom stereocenters. The molecular formula is C23H22N2O3S. The van der Waals surface area contributed by atoms with E-state index in [1.807, 2.05) is 37.3 Å². The molecule has 1 atom stereocenters. The standard InChI is InChI=1S/C23H22N2O3S/c1-17(18-8-4-2-5-9-18)24-23(26)20-12-13-22-19(16-20)14-15-25(22)29(27,28)21-10-6-3-7-11-21/h2-13,16-17H,14-15H2,1H3,(H,24,26)/t17-/m1/s1. The Morgan fingerprint density at radius 1 is 0.966 bits per heavy atom. The maximum atomic E-state index is 13.0. The third kappa shape index (κ3) is 3.76. The second-order valence-electron chi connectivity index (χ2n) is 7.09. The minimum atomic E-state index is -3.61. The Kier molecular flexibility index (Phi) is 5.11. The lowest BCUT2D eigenvalue weighted by Gasteiger charge is -2.20. The smallest absolute Gasteiger partial charge is 0.264 e. The third-order valence-electron chi connectivity index (χ3n) is 5.17. The zero-order valence-electron chi connectivity index (χ0n) is 16.1. The zero-order valence-corrected chi connectivity index (χ0v) is 16.9. The molecule has 1 amide bonds. The van der Waals surface area contributed by atoms with Crippen LogP contribution in [0.2, 0.25) is 0 Å². The third-order valence-corrected chi connectivity index (χ3v) is 7.00. The Bertz CT molecular complexity index is 1130. The van der Waals surface area contributed by atoms with Crippen LogP contribution in [-0.4, -0.2) is 20.9 Å². The molecule has 0 aliphatic carbocycles. The number of amides is 1. The van der Waals surface area contributed by atoms with Crippen molar-refractivity contribution in [2.24, 2.45) is 0 Å². The maximum Gasteiger partial charge on any atom is 0.264 e. The predicted octanol–water partition coefficient (Wildman–Crippen LogP) is 3.93. The molecule has 1 aliphatic rings. The highest BCUT2D eigenvalue weighted by atomic mass is 32.2. The van der Waals surface area contributed by atoms with Crippen molar-refractivity contribution in [2.75, 3.05) is 10.8 Å². The van der Waals surface area contributed by atoms with Crippen LogP contribution in [0.3, 0.4) is 0 Å². The van der Waals surface area contributed by atoms with Crippen LogP contribution < -0.4 is 9.62 Å². The van der Waals surface area contributed by atoms with E-state index in [2.05, 4.69) is 5.32 Å². The topological polar surface area (TPSA) is 66.5 Å². The Labute approximate surface area is 171 Å². The summed E-state index contributed by atoms with van der Waals surface area (Å²) >= 11 is 0. The van der Waals surface area contributed by atoms with Crippen LogP contribution in [0.4, 0.5) is 5.69 Å². The monoisotopic (exact) mass is 406 g/mol. The molecular weight excluding hydrogens is 384 g/mol. The molecule has 148 valence electrons. The summed E-state index contributed by atoms with van der Waals surface area (Å²) in [5.41, 5.74) is 3.07. The van der Waals surface area contributed by atoms with Gasteiger partial charge in [-0.25, -0.2) is 8.42 Å². The summed E-state index contributed by atoms with van der Waals surface area (Å²) in [5.74, 6) is -0.173. The fourth-order valence-electron chi connectivity index (χ4n) is 3.59. The highest BCUT2D eigenvalue weighted by Gasteiger charge is 2.31. The number of nitrogens with zero attached hydrogens (tertiary/aromatic N) is 1. The van der Waals surface area contributed by atoms with Crippen molar-refractivity contribution in [3.63, 3.8) is 0 Å². The predicted molar refractivity (Wildman–Crippen MR) is 113 cm³/mol. The van der Waals surface area contributed by atoms with Crippen molar-refractivity contribution in [1.82, 2.24) is 5.32 Å². The van der Waals surface area contributed by atoms with E-state index in [-0.39, 0.29) is 16.8 Å². The first-order chi connectivity index (χ1) is 14.0. The minimum Gasteiger partial charge on any atom is -0.346 e. The highest BCUT2D eigenvalue weighted by molar-refractivity contribution is 7.92. The Morgan fingerprint density at radius 3 is 2.31 bits per heavy atom. The van der Waals surface area contributed by atoms with Crippen molar-refractivity contribution in [2.45, 2.75) is 24.3 Å². The molecule has 5 nitrogen and oxygen atoms in total. The number of sulfonamides is 1. The Balaban J connectivity index is 1.55. The molecule has 1 heterocycles. The van der Waals surface area contributed by atoms with E-state index in [1.54, 1.807) is 48.5 Å². The van der Waals surface area contributed by atoms with Gasteiger partial charge >= 0.3 is 0 Å². The summed E-state index contributed by atoms with van der Waals surface area (Å²) in [5, 5.41) is 3.00. The summed E-state index contributed by atoms with van der Waals surface area (Å²) in [6.07, 6.45) is 0.580. The molecule has 0 fully saturated rings. The number of nitrogens with one attached hydrogen (secondary N) is 1. The van der Waals surface area contributed by atoms with Crippen LogP contribution in [0.5, 0.6) is 0 Å². The van der Waals surface area contributed by atoms with Crippen LogP contribution in [0, 0.1) is 0 Å². The minimum absolute atomic E-state index is 0.119. The number of carbonyl (C=O) groups is 1. The molecule has 3 aromatic rings. The van der Waals surface area contributed by atoms with E-state index in [4.69, 9.17) is 0 Å². The average molecular weight is 407 g/mol. The first-order valence-corrected chi connectivity index (χ1v) is 11.0. The summed E-state index contributed by atoms with van der Waals surface area (Å²) in [4.78, 5) is 13.0. The van der Waals surface area contributed by atoms with Gasteiger partial charge < -0.3 is 5.32 Å². The molecule has 0 spiro atoms. The summed E-state index contributed by atoms with van der Waals surface area (Å²) < 4.78 is 27.4. The SMILES string of the molecule is C[C@@H](NC(=O)c1ccc2c(c1)CCN2S(=O)(=O)c1ccccc1)c1ccccc1. The number of carbonyl (C=O) groups excluding carboxylic acids is 1. The summed E-state index contributed by atoms with van der Waals surface area (Å²) in [6, 6.07) is 23.3. The quantitative estimate of drug-likeness (QED) is 0.698. The molecule has 3 aromatic carbocycles. The first kappa shape index (κ1) is 19.2. The second kappa shape index (κ2) is 7.72. The zero-order chi connectivity index (χ0) is 20.4. The van der Waals surface area contributed by atoms with Gasteiger partial charge in [-0.1, -0.05) is 48.5 Å². The summed E-state index contributed by atoms with van der Waals surface area (Å²) in [6.45, 7) is 2.31. The molecule has 6 heteroatoms. The number of fused-ring (bicyclic) bond motifs is 1. The fraction of sp³-hybridized carbons (Fsp3) is 0.174. The normalized spacial score (nSPS) is 14.3. The fourth-order valence-corrected chi connectivity index (χ4v) is 5.11. The van der Waals surface area contributed by atoms with Crippen molar-refractivity contribution >= 4 is 21.6 Å².